The number of phenolic OH excluding ortho intramolecular Hbond substituents is 1. The smallest absolute Gasteiger partial charge is 0.255 e. The van der Waals surface area contributed by atoms with Gasteiger partial charge in [-0.15, -0.1) is 0 Å². The van der Waals surface area contributed by atoms with Gasteiger partial charge in [0.05, 0.1) is 11.6 Å². The topological polar surface area (TPSA) is 161 Å². The molecule has 1 fully saturated rings. The van der Waals surface area contributed by atoms with E-state index in [9.17, 15) is 34.8 Å². The maximum Gasteiger partial charge on any atom is 0.255 e. The van der Waals surface area contributed by atoms with Gasteiger partial charge < -0.3 is 26.2 Å². The number of benzene rings is 1. The molecule has 9 nitrogen and oxygen atoms in total. The van der Waals surface area contributed by atoms with Crippen LogP contribution in [0.25, 0.3) is 5.76 Å². The second-order valence-corrected chi connectivity index (χ2v) is 10.8. The quantitative estimate of drug-likeness (QED) is 0.275. The van der Waals surface area contributed by atoms with Crippen LogP contribution < -0.4 is 5.73 Å². The van der Waals surface area contributed by atoms with Crippen molar-refractivity contribution in [2.24, 2.45) is 17.6 Å². The molecule has 1 unspecified atom stereocenters. The van der Waals surface area contributed by atoms with Gasteiger partial charge in [-0.05, 0) is 69.3 Å². The molecule has 9 heteroatoms. The highest BCUT2D eigenvalue weighted by Gasteiger charge is 2.64. The van der Waals surface area contributed by atoms with E-state index in [1.807, 2.05) is 6.07 Å². The van der Waals surface area contributed by atoms with Gasteiger partial charge in [-0.3, -0.25) is 19.3 Å². The number of ketones is 2. The zero-order chi connectivity index (χ0) is 27.4. The van der Waals surface area contributed by atoms with Crippen molar-refractivity contribution in [1.82, 2.24) is 4.90 Å². The lowest BCUT2D eigenvalue weighted by atomic mass is 9.57. The van der Waals surface area contributed by atoms with Crippen molar-refractivity contribution >= 4 is 23.2 Å². The number of primary amides is 1. The van der Waals surface area contributed by atoms with E-state index in [0.717, 1.165) is 43.2 Å². The Balaban J connectivity index is 1.89. The Kier molecular flexibility index (Phi) is 6.98. The molecule has 200 valence electrons. The fourth-order valence-corrected chi connectivity index (χ4v) is 6.50. The molecule has 0 spiro atoms. The number of amides is 1. The van der Waals surface area contributed by atoms with Crippen molar-refractivity contribution < 1.29 is 34.8 Å². The number of aryl methyl sites for hydroxylation is 2. The number of fused-ring (bicyclic) bond motifs is 3. The summed E-state index contributed by atoms with van der Waals surface area (Å²) in [5.74, 6) is -6.27. The van der Waals surface area contributed by atoms with Crippen LogP contribution in [0.4, 0.5) is 0 Å². The van der Waals surface area contributed by atoms with Crippen molar-refractivity contribution in [2.75, 3.05) is 14.1 Å². The number of hydrogen-bond acceptors (Lipinski definition) is 8. The highest BCUT2D eigenvalue weighted by Crippen LogP contribution is 2.53. The van der Waals surface area contributed by atoms with Gasteiger partial charge in [-0.1, -0.05) is 32.3 Å². The average molecular weight is 513 g/mol. The molecular formula is C28H36N2O7. The number of carbonyl (C=O) groups is 3. The Morgan fingerprint density at radius 1 is 1.16 bits per heavy atom. The lowest BCUT2D eigenvalue weighted by Crippen LogP contribution is -2.65. The van der Waals surface area contributed by atoms with E-state index in [1.165, 1.54) is 4.90 Å². The van der Waals surface area contributed by atoms with E-state index in [-0.39, 0.29) is 23.3 Å². The van der Waals surface area contributed by atoms with E-state index >= 15 is 0 Å². The molecule has 0 bridgehead atoms. The molecule has 0 aromatic heterocycles. The number of rotatable bonds is 7. The van der Waals surface area contributed by atoms with Crippen LogP contribution in [0.5, 0.6) is 5.75 Å². The van der Waals surface area contributed by atoms with Crippen LogP contribution in [0.3, 0.4) is 0 Å². The van der Waals surface area contributed by atoms with E-state index in [4.69, 9.17) is 5.73 Å². The third-order valence-corrected chi connectivity index (χ3v) is 8.30. The number of aliphatic hydroxyl groups is 3. The summed E-state index contributed by atoms with van der Waals surface area (Å²) < 4.78 is 0. The van der Waals surface area contributed by atoms with Gasteiger partial charge in [-0.25, -0.2) is 0 Å². The van der Waals surface area contributed by atoms with Crippen LogP contribution >= 0.6 is 0 Å². The molecule has 1 aromatic rings. The Morgan fingerprint density at radius 3 is 2.43 bits per heavy atom. The monoisotopic (exact) mass is 512 g/mol. The minimum atomic E-state index is -2.62. The molecule has 3 aliphatic rings. The molecule has 0 radical (unpaired) electrons. The van der Waals surface area contributed by atoms with E-state index in [0.29, 0.717) is 12.0 Å². The van der Waals surface area contributed by atoms with Gasteiger partial charge in [0.2, 0.25) is 5.78 Å². The first kappa shape index (κ1) is 26.9. The van der Waals surface area contributed by atoms with Gasteiger partial charge >= 0.3 is 0 Å². The number of nitrogens with two attached hydrogens (primary N) is 1. The summed E-state index contributed by atoms with van der Waals surface area (Å²) >= 11 is 0. The minimum Gasteiger partial charge on any atom is -0.508 e. The number of Topliss-reactive ketones (excluding diaryl/α,β-unsaturated/α-hetero) is 2. The number of likely N-dealkylation sites (N-methyl/N-ethyl adjacent to an activating group) is 1. The van der Waals surface area contributed by atoms with Crippen molar-refractivity contribution in [3.8, 4) is 5.75 Å². The fraction of sp³-hybridized carbons (Fsp3) is 0.536. The molecule has 0 heterocycles. The van der Waals surface area contributed by atoms with Crippen LogP contribution in [0.2, 0.25) is 0 Å². The first-order valence-electron chi connectivity index (χ1n) is 12.9. The van der Waals surface area contributed by atoms with Crippen LogP contribution in [-0.2, 0) is 27.2 Å². The highest BCUT2D eigenvalue weighted by atomic mass is 16.3. The lowest BCUT2D eigenvalue weighted by Gasteiger charge is -2.50. The summed E-state index contributed by atoms with van der Waals surface area (Å²) in [7, 11) is 3.17. The third kappa shape index (κ3) is 3.95. The van der Waals surface area contributed by atoms with Crippen molar-refractivity contribution in [1.29, 1.82) is 0 Å². The van der Waals surface area contributed by atoms with E-state index < -0.39 is 58.0 Å². The number of unbranched alkanes of at least 4 members (excludes halogenated alkanes) is 3. The number of carbonyl (C=O) groups excluding carboxylic acids is 3. The zero-order valence-electron chi connectivity index (χ0n) is 21.8. The third-order valence-electron chi connectivity index (χ3n) is 8.30. The summed E-state index contributed by atoms with van der Waals surface area (Å²) in [5.41, 5.74) is 4.28. The van der Waals surface area contributed by atoms with Gasteiger partial charge in [0.25, 0.3) is 5.91 Å². The van der Waals surface area contributed by atoms with Gasteiger partial charge in [-0.2, -0.15) is 0 Å². The predicted octanol–water partition coefficient (Wildman–Crippen LogP) is 2.40. The fourth-order valence-electron chi connectivity index (χ4n) is 6.50. The molecule has 3 aliphatic carbocycles. The molecule has 4 atom stereocenters. The minimum absolute atomic E-state index is 0.0929. The second kappa shape index (κ2) is 9.61. The predicted molar refractivity (Wildman–Crippen MR) is 137 cm³/mol. The van der Waals surface area contributed by atoms with Crippen LogP contribution in [0, 0.1) is 18.8 Å². The lowest BCUT2D eigenvalue weighted by molar-refractivity contribution is -0.153. The molecule has 1 amide bonds. The number of aromatic hydroxyl groups is 1. The number of nitrogens with zero attached hydrogens (tertiary/aromatic N) is 1. The second-order valence-electron chi connectivity index (χ2n) is 10.8. The molecule has 0 saturated heterocycles. The van der Waals surface area contributed by atoms with E-state index in [1.54, 1.807) is 21.0 Å². The van der Waals surface area contributed by atoms with Gasteiger partial charge in [0.1, 0.15) is 22.8 Å². The average Bonchev–Trinajstić information content (AvgIpc) is 2.81. The zero-order valence-corrected chi connectivity index (χ0v) is 21.8. The first-order valence-corrected chi connectivity index (χ1v) is 12.9. The molecule has 37 heavy (non-hydrogen) atoms. The van der Waals surface area contributed by atoms with Crippen molar-refractivity contribution in [2.45, 2.75) is 70.4 Å². The Morgan fingerprint density at radius 2 is 1.84 bits per heavy atom. The normalized spacial score (nSPS) is 27.4. The van der Waals surface area contributed by atoms with Crippen molar-refractivity contribution in [3.05, 3.63) is 45.2 Å². The molecular weight excluding hydrogens is 476 g/mol. The number of phenols is 1. The summed E-state index contributed by atoms with van der Waals surface area (Å²) in [6.45, 7) is 3.86. The van der Waals surface area contributed by atoms with E-state index in [2.05, 4.69) is 6.92 Å². The van der Waals surface area contributed by atoms with Crippen LogP contribution in [0.15, 0.2) is 23.0 Å². The van der Waals surface area contributed by atoms with Crippen molar-refractivity contribution in [3.63, 3.8) is 0 Å². The maximum absolute atomic E-state index is 13.9. The summed E-state index contributed by atoms with van der Waals surface area (Å²) in [6.07, 6.45) is 5.37. The highest BCUT2D eigenvalue weighted by molar-refractivity contribution is 6.24. The Bertz CT molecular complexity index is 1250. The molecule has 0 aliphatic heterocycles. The Hall–Kier alpha value is -3.17. The number of hydrogen-bond donors (Lipinski definition) is 5. The summed E-state index contributed by atoms with van der Waals surface area (Å²) in [4.78, 5) is 40.6. The SMILES string of the molecule is CCCCCCc1cc(C)c(O)c2c1C[C@H]1C[C@H]3[C@H](N(C)C)C(=O)C(C(N)=O)=C(O)C3(O)C(=O)C1=C2O. The summed E-state index contributed by atoms with van der Waals surface area (Å²) in [5, 5.41) is 44.9. The summed E-state index contributed by atoms with van der Waals surface area (Å²) in [6, 6.07) is 0.831. The molecule has 4 rings (SSSR count). The Labute approximate surface area is 216 Å². The van der Waals surface area contributed by atoms with Crippen LogP contribution in [0.1, 0.15) is 61.3 Å². The largest absolute Gasteiger partial charge is 0.508 e. The standard InChI is InChI=1S/C28H36N2O7/c1-5-6-7-8-9-14-10-13(2)22(31)19-16(14)11-15-12-17-21(30(3)4)24(33)20(27(29)36)26(35)28(17,37)25(34)18(15)23(19)32/h10,15,17,21,31-32,35,37H,5-9,11-12H2,1-4H3,(H2,29,36)/t15-,17-,21-,28?/m0/s1. The maximum atomic E-state index is 13.9. The first-order chi connectivity index (χ1) is 17.4. The number of aliphatic hydroxyl groups excluding tert-OH is 2. The molecule has 1 aromatic carbocycles. The van der Waals surface area contributed by atoms with Crippen LogP contribution in [-0.4, -0.2) is 68.5 Å². The molecule has 1 saturated carbocycles. The van der Waals surface area contributed by atoms with Gasteiger partial charge in [0, 0.05) is 11.5 Å². The molecule has 6 N–H and O–H groups in total. The van der Waals surface area contributed by atoms with Gasteiger partial charge in [0.15, 0.2) is 11.4 Å².